The van der Waals surface area contributed by atoms with Crippen LogP contribution in [0.1, 0.15) is 13.8 Å². The molecule has 2 saturated heterocycles. The van der Waals surface area contributed by atoms with Crippen molar-refractivity contribution >= 4 is 59.0 Å². The molecule has 31 heavy (non-hydrogen) atoms. The molecule has 0 radical (unpaired) electrons. The number of ether oxygens (including phenoxy) is 2. The van der Waals surface area contributed by atoms with Crippen LogP contribution in [-0.2, 0) is 28.7 Å². The molecule has 2 fully saturated rings. The normalized spacial score (nSPS) is 25.4. The highest BCUT2D eigenvalue weighted by molar-refractivity contribution is 8.27. The Hall–Kier alpha value is -2.11. The number of nitrogens with one attached hydrogen (secondary N) is 1. The largest absolute Gasteiger partial charge is 0.460 e. The summed E-state index contributed by atoms with van der Waals surface area (Å²) in [6.07, 6.45) is 2.86. The number of carbonyl (C=O) groups is 4. The first kappa shape index (κ1) is 23.6. The number of carbonyl (C=O) groups excluding carboxylic acids is 4. The van der Waals surface area contributed by atoms with Gasteiger partial charge in [-0.1, -0.05) is 48.8 Å². The number of esters is 2. The molecule has 0 aliphatic carbocycles. The number of hydrogen-bond acceptors (Lipinski definition) is 9. The van der Waals surface area contributed by atoms with E-state index in [0.717, 1.165) is 0 Å². The second-order valence-corrected chi connectivity index (χ2v) is 11.0. The molecule has 0 spiro atoms. The van der Waals surface area contributed by atoms with Crippen LogP contribution in [0.25, 0.3) is 0 Å². The zero-order valence-electron chi connectivity index (χ0n) is 17.0. The summed E-state index contributed by atoms with van der Waals surface area (Å²) in [5.74, 6) is -2.39. The fourth-order valence-electron chi connectivity index (χ4n) is 3.36. The summed E-state index contributed by atoms with van der Waals surface area (Å²) < 4.78 is 10.1. The number of fused-ring (bicyclic) bond motifs is 1. The quantitative estimate of drug-likeness (QED) is 0.139. The lowest BCUT2D eigenvalue weighted by Crippen LogP contribution is -2.71. The Kier molecular flexibility index (Phi) is 7.28. The molecule has 0 bridgehead atoms. The number of β-lactam (4-membered cyclic amide) rings is 1. The summed E-state index contributed by atoms with van der Waals surface area (Å²) in [4.78, 5) is 52.2. The second kappa shape index (κ2) is 9.58. The average molecular weight is 483 g/mol. The van der Waals surface area contributed by atoms with Crippen molar-refractivity contribution in [2.45, 2.75) is 36.1 Å². The van der Waals surface area contributed by atoms with Gasteiger partial charge in [-0.25, -0.2) is 9.59 Å². The lowest BCUT2D eigenvalue weighted by Gasteiger charge is -2.43. The van der Waals surface area contributed by atoms with E-state index in [4.69, 9.17) is 9.47 Å². The van der Waals surface area contributed by atoms with Crippen molar-refractivity contribution in [3.63, 3.8) is 0 Å². The van der Waals surface area contributed by atoms with Crippen molar-refractivity contribution < 1.29 is 28.7 Å². The van der Waals surface area contributed by atoms with E-state index in [0.29, 0.717) is 4.24 Å². The van der Waals surface area contributed by atoms with Crippen molar-refractivity contribution in [1.29, 1.82) is 0 Å². The minimum Gasteiger partial charge on any atom is -0.460 e. The molecule has 0 saturated carbocycles. The Labute approximate surface area is 192 Å². The van der Waals surface area contributed by atoms with Gasteiger partial charge in [0.25, 0.3) is 5.91 Å². The first-order chi connectivity index (χ1) is 14.7. The Bertz CT molecular complexity index is 887. The van der Waals surface area contributed by atoms with Crippen molar-refractivity contribution in [1.82, 2.24) is 10.2 Å². The Morgan fingerprint density at radius 3 is 2.39 bits per heavy atom. The lowest BCUT2D eigenvalue weighted by atomic mass is 9.96. The average Bonchev–Trinajstić information content (AvgIpc) is 3.33. The molecule has 3 atom stereocenters. The van der Waals surface area contributed by atoms with Gasteiger partial charge in [0.05, 0.1) is 4.24 Å². The predicted octanol–water partition coefficient (Wildman–Crippen LogP) is 2.15. The lowest BCUT2D eigenvalue weighted by molar-refractivity contribution is -0.163. The molecular weight excluding hydrogens is 460 g/mol. The molecule has 0 aromatic heterocycles. The molecule has 3 aliphatic heterocycles. The number of amides is 2. The number of hydrogen-bond donors (Lipinski definition) is 1. The van der Waals surface area contributed by atoms with Gasteiger partial charge in [0.15, 0.2) is 0 Å². The fourth-order valence-corrected chi connectivity index (χ4v) is 6.82. The molecule has 166 valence electrons. The molecular formula is C20H22N2O6S3. The smallest absolute Gasteiger partial charge is 0.345 e. The number of thioether (sulfide) groups is 3. The van der Waals surface area contributed by atoms with Gasteiger partial charge in [0.1, 0.15) is 36.2 Å². The summed E-state index contributed by atoms with van der Waals surface area (Å²) in [6, 6.07) is -1.63. The highest BCUT2D eigenvalue weighted by atomic mass is 32.2. The van der Waals surface area contributed by atoms with Crippen LogP contribution in [0.2, 0.25) is 0 Å². The molecule has 0 aromatic carbocycles. The van der Waals surface area contributed by atoms with Crippen LogP contribution in [0.5, 0.6) is 0 Å². The van der Waals surface area contributed by atoms with E-state index in [9.17, 15) is 19.2 Å². The van der Waals surface area contributed by atoms with E-state index in [1.807, 2.05) is 13.8 Å². The van der Waals surface area contributed by atoms with Crippen LogP contribution in [0.3, 0.4) is 0 Å². The zero-order chi connectivity index (χ0) is 22.8. The summed E-state index contributed by atoms with van der Waals surface area (Å²) in [7, 11) is 0. The summed E-state index contributed by atoms with van der Waals surface area (Å²) in [5, 5.41) is 5.71. The second-order valence-electron chi connectivity index (χ2n) is 7.19. The van der Waals surface area contributed by atoms with E-state index < -0.39 is 46.0 Å². The van der Waals surface area contributed by atoms with Gasteiger partial charge in [-0.3, -0.25) is 9.59 Å². The minimum absolute atomic E-state index is 0.0387. The third-order valence-corrected chi connectivity index (χ3v) is 8.37. The third kappa shape index (κ3) is 4.58. The maximum absolute atomic E-state index is 13.0. The molecule has 11 heteroatoms. The molecule has 2 amide bonds. The van der Waals surface area contributed by atoms with Gasteiger partial charge >= 0.3 is 11.9 Å². The van der Waals surface area contributed by atoms with Crippen molar-refractivity contribution in [2.75, 3.05) is 13.2 Å². The van der Waals surface area contributed by atoms with Crippen LogP contribution in [0, 0.1) is 0 Å². The molecule has 0 aromatic rings. The van der Waals surface area contributed by atoms with Crippen LogP contribution < -0.4 is 5.32 Å². The van der Waals surface area contributed by atoms with Crippen LogP contribution in [-0.4, -0.2) is 64.1 Å². The zero-order valence-corrected chi connectivity index (χ0v) is 19.4. The standard InChI is InChI=1S/C20H22N2O6S3/c1-5-7-27-17(25)11(19-29-9-10-30-19)14(23)21-12-15(24)22-13(18(26)28-8-6-2)20(3,4)31-16(12)22/h5-6,9-10,12-13,16H,1-2,7-8H2,3-4H3,(H,21,23)/t12-,13?,16-/m1/s1. The molecule has 3 rings (SSSR count). The predicted molar refractivity (Wildman–Crippen MR) is 122 cm³/mol. The van der Waals surface area contributed by atoms with Crippen molar-refractivity contribution in [3.05, 3.63) is 45.9 Å². The van der Waals surface area contributed by atoms with Crippen molar-refractivity contribution in [3.8, 4) is 0 Å². The Balaban J connectivity index is 1.75. The van der Waals surface area contributed by atoms with E-state index in [1.54, 1.807) is 10.8 Å². The molecule has 1 N–H and O–H groups in total. The van der Waals surface area contributed by atoms with E-state index in [2.05, 4.69) is 18.5 Å². The Morgan fingerprint density at radius 1 is 1.16 bits per heavy atom. The molecule has 1 unspecified atom stereocenters. The molecule has 3 heterocycles. The van der Waals surface area contributed by atoms with Gasteiger partial charge < -0.3 is 19.7 Å². The van der Waals surface area contributed by atoms with E-state index in [-0.39, 0.29) is 18.8 Å². The highest BCUT2D eigenvalue weighted by Gasteiger charge is 2.64. The maximum atomic E-state index is 13.0. The summed E-state index contributed by atoms with van der Waals surface area (Å²) in [5.41, 5.74) is -0.155. The maximum Gasteiger partial charge on any atom is 0.345 e. The van der Waals surface area contributed by atoms with Gasteiger partial charge in [-0.15, -0.1) is 11.8 Å². The van der Waals surface area contributed by atoms with Crippen molar-refractivity contribution in [2.24, 2.45) is 0 Å². The summed E-state index contributed by atoms with van der Waals surface area (Å²) >= 11 is 3.86. The monoisotopic (exact) mass is 482 g/mol. The van der Waals surface area contributed by atoms with Gasteiger partial charge in [0.2, 0.25) is 5.91 Å². The number of rotatable bonds is 8. The third-order valence-electron chi connectivity index (χ3n) is 4.67. The SMILES string of the molecule is C=CCOC(=O)C(C(=O)N[C@@H]1C(=O)N2C(C(=O)OCC=C)C(C)(C)S[C@H]12)=C1SC=CS1. The van der Waals surface area contributed by atoms with Gasteiger partial charge in [0, 0.05) is 4.75 Å². The first-order valence-corrected chi connectivity index (χ1v) is 12.0. The minimum atomic E-state index is -0.860. The first-order valence-electron chi connectivity index (χ1n) is 9.32. The van der Waals surface area contributed by atoms with Crippen LogP contribution >= 0.6 is 35.3 Å². The molecule has 8 nitrogen and oxygen atoms in total. The summed E-state index contributed by atoms with van der Waals surface area (Å²) in [6.45, 7) is 10.7. The Morgan fingerprint density at radius 2 is 1.77 bits per heavy atom. The topological polar surface area (TPSA) is 102 Å². The van der Waals surface area contributed by atoms with E-state index in [1.165, 1.54) is 52.3 Å². The highest BCUT2D eigenvalue weighted by Crippen LogP contribution is 2.51. The fraction of sp³-hybridized carbons (Fsp3) is 0.400. The van der Waals surface area contributed by atoms with Gasteiger partial charge in [-0.2, -0.15) is 0 Å². The van der Waals surface area contributed by atoms with Crippen LogP contribution in [0.15, 0.2) is 45.9 Å². The molecule has 3 aliphatic rings. The number of nitrogens with zero attached hydrogens (tertiary/aromatic N) is 1. The van der Waals surface area contributed by atoms with Crippen LogP contribution in [0.4, 0.5) is 0 Å². The van der Waals surface area contributed by atoms with E-state index >= 15 is 0 Å². The van der Waals surface area contributed by atoms with Gasteiger partial charge in [-0.05, 0) is 24.7 Å².